The van der Waals surface area contributed by atoms with Crippen molar-refractivity contribution in [2.24, 2.45) is 0 Å². The maximum Gasteiger partial charge on any atom is 0.0832 e. The van der Waals surface area contributed by atoms with E-state index in [0.717, 1.165) is 72.0 Å². The van der Waals surface area contributed by atoms with Crippen molar-refractivity contribution in [2.75, 3.05) is 72.6 Å². The molecular weight excluding hydrogens is 306 g/mol. The Hall–Kier alpha value is -0.240. The van der Waals surface area contributed by atoms with Crippen LogP contribution in [0.4, 0.5) is 0 Å². The third-order valence-corrected chi connectivity index (χ3v) is 5.30. The van der Waals surface area contributed by atoms with Crippen molar-refractivity contribution in [2.45, 2.75) is 44.7 Å². The molecule has 3 aliphatic rings. The van der Waals surface area contributed by atoms with E-state index in [2.05, 4.69) is 35.6 Å². The normalized spacial score (nSPS) is 37.6. The van der Waals surface area contributed by atoms with Crippen LogP contribution < -0.4 is 0 Å². The summed E-state index contributed by atoms with van der Waals surface area (Å²) in [6, 6.07) is 0. The second kappa shape index (κ2) is 8.92. The summed E-state index contributed by atoms with van der Waals surface area (Å²) in [5.41, 5.74) is 0. The molecule has 3 aliphatic heterocycles. The lowest BCUT2D eigenvalue weighted by molar-refractivity contribution is -0.125. The van der Waals surface area contributed by atoms with Crippen LogP contribution in [-0.4, -0.2) is 112 Å². The molecule has 0 spiro atoms. The molecule has 0 aromatic carbocycles. The Balaban J connectivity index is 1.49. The van der Waals surface area contributed by atoms with Gasteiger partial charge in [-0.25, -0.2) is 0 Å². The van der Waals surface area contributed by atoms with Gasteiger partial charge in [0.25, 0.3) is 0 Å². The monoisotopic (exact) mass is 341 g/mol. The fraction of sp³-hybridized carbons (Fsp3) is 1.00. The van der Waals surface area contributed by atoms with Gasteiger partial charge in [0.15, 0.2) is 0 Å². The van der Waals surface area contributed by atoms with Crippen molar-refractivity contribution in [3.05, 3.63) is 0 Å². The fourth-order valence-electron chi connectivity index (χ4n) is 4.20. The molecule has 4 atom stereocenters. The van der Waals surface area contributed by atoms with Gasteiger partial charge in [-0.1, -0.05) is 6.92 Å². The van der Waals surface area contributed by atoms with Crippen LogP contribution in [0.1, 0.15) is 20.3 Å². The number of morpholine rings is 3. The first-order valence-corrected chi connectivity index (χ1v) is 9.64. The standard InChI is InChI=1S/C18H35N3O3/c1-4-16-10-19(3)11-17(24-16)13-21-9-15(2)23-18(14-21)12-20-5-7-22-8-6-20/h15-18H,4-14H2,1-3H3. The largest absolute Gasteiger partial charge is 0.379 e. The topological polar surface area (TPSA) is 37.4 Å². The summed E-state index contributed by atoms with van der Waals surface area (Å²) >= 11 is 0. The highest BCUT2D eigenvalue weighted by molar-refractivity contribution is 4.83. The number of ether oxygens (including phenoxy) is 3. The number of hydrogen-bond donors (Lipinski definition) is 0. The first kappa shape index (κ1) is 18.5. The van der Waals surface area contributed by atoms with Gasteiger partial charge in [-0.15, -0.1) is 0 Å². The van der Waals surface area contributed by atoms with Gasteiger partial charge in [0.1, 0.15) is 0 Å². The second-order valence-electron chi connectivity index (χ2n) is 7.71. The summed E-state index contributed by atoms with van der Waals surface area (Å²) in [4.78, 5) is 7.44. The van der Waals surface area contributed by atoms with Crippen molar-refractivity contribution in [3.8, 4) is 0 Å². The first-order valence-electron chi connectivity index (χ1n) is 9.64. The van der Waals surface area contributed by atoms with Gasteiger partial charge < -0.3 is 19.1 Å². The van der Waals surface area contributed by atoms with Gasteiger partial charge in [0, 0.05) is 52.4 Å². The Morgan fingerprint density at radius 2 is 1.50 bits per heavy atom. The maximum atomic E-state index is 6.28. The first-order chi connectivity index (χ1) is 11.6. The Morgan fingerprint density at radius 3 is 2.25 bits per heavy atom. The van der Waals surface area contributed by atoms with E-state index >= 15 is 0 Å². The predicted octanol–water partition coefficient (Wildman–Crippen LogP) is 0.517. The minimum absolute atomic E-state index is 0.299. The van der Waals surface area contributed by atoms with Crippen LogP contribution in [-0.2, 0) is 14.2 Å². The molecular formula is C18H35N3O3. The average molecular weight is 341 g/mol. The molecule has 140 valence electrons. The zero-order chi connectivity index (χ0) is 16.9. The molecule has 0 saturated carbocycles. The molecule has 3 fully saturated rings. The highest BCUT2D eigenvalue weighted by Crippen LogP contribution is 2.18. The highest BCUT2D eigenvalue weighted by atomic mass is 16.5. The molecule has 6 nitrogen and oxygen atoms in total. The smallest absolute Gasteiger partial charge is 0.0832 e. The zero-order valence-electron chi connectivity index (χ0n) is 15.7. The zero-order valence-corrected chi connectivity index (χ0v) is 15.7. The van der Waals surface area contributed by atoms with Crippen molar-refractivity contribution >= 4 is 0 Å². The number of nitrogens with zero attached hydrogens (tertiary/aromatic N) is 3. The second-order valence-corrected chi connectivity index (χ2v) is 7.71. The summed E-state index contributed by atoms with van der Waals surface area (Å²) in [5, 5.41) is 0. The molecule has 24 heavy (non-hydrogen) atoms. The van der Waals surface area contributed by atoms with Crippen LogP contribution in [0.5, 0.6) is 0 Å². The third-order valence-electron chi connectivity index (χ3n) is 5.30. The minimum atomic E-state index is 0.299. The number of rotatable bonds is 5. The maximum absolute atomic E-state index is 6.28. The summed E-state index contributed by atoms with van der Waals surface area (Å²) in [5.74, 6) is 0. The van der Waals surface area contributed by atoms with Crippen molar-refractivity contribution in [3.63, 3.8) is 0 Å². The molecule has 3 heterocycles. The third kappa shape index (κ3) is 5.38. The lowest BCUT2D eigenvalue weighted by atomic mass is 10.1. The van der Waals surface area contributed by atoms with E-state index in [1.54, 1.807) is 0 Å². The van der Waals surface area contributed by atoms with E-state index < -0.39 is 0 Å². The fourth-order valence-corrected chi connectivity index (χ4v) is 4.20. The quantitative estimate of drug-likeness (QED) is 0.726. The van der Waals surface area contributed by atoms with Gasteiger partial charge in [0.2, 0.25) is 0 Å². The van der Waals surface area contributed by atoms with E-state index in [0.29, 0.717) is 24.4 Å². The average Bonchev–Trinajstić information content (AvgIpc) is 2.54. The van der Waals surface area contributed by atoms with Gasteiger partial charge in [-0.3, -0.25) is 9.80 Å². The molecule has 3 saturated heterocycles. The summed E-state index contributed by atoms with van der Waals surface area (Å²) in [6.45, 7) is 14.4. The lowest BCUT2D eigenvalue weighted by Crippen LogP contribution is -2.56. The Bertz CT molecular complexity index is 379. The van der Waals surface area contributed by atoms with Crippen LogP contribution in [0.2, 0.25) is 0 Å². The van der Waals surface area contributed by atoms with Gasteiger partial charge in [-0.05, 0) is 20.4 Å². The molecule has 0 bridgehead atoms. The molecule has 6 heteroatoms. The van der Waals surface area contributed by atoms with E-state index in [4.69, 9.17) is 14.2 Å². The summed E-state index contributed by atoms with van der Waals surface area (Å²) in [7, 11) is 2.21. The van der Waals surface area contributed by atoms with Crippen molar-refractivity contribution < 1.29 is 14.2 Å². The van der Waals surface area contributed by atoms with Gasteiger partial charge >= 0.3 is 0 Å². The van der Waals surface area contributed by atoms with Gasteiger partial charge in [-0.2, -0.15) is 0 Å². The highest BCUT2D eigenvalue weighted by Gasteiger charge is 2.31. The molecule has 4 unspecified atom stereocenters. The Labute approximate surface area is 147 Å². The van der Waals surface area contributed by atoms with Crippen LogP contribution in [0, 0.1) is 0 Å². The lowest BCUT2D eigenvalue weighted by Gasteiger charge is -2.43. The van der Waals surface area contributed by atoms with E-state index in [9.17, 15) is 0 Å². The molecule has 0 amide bonds. The summed E-state index contributed by atoms with van der Waals surface area (Å²) in [6.07, 6.45) is 2.41. The predicted molar refractivity (Wildman–Crippen MR) is 94.5 cm³/mol. The van der Waals surface area contributed by atoms with Gasteiger partial charge in [0.05, 0.1) is 37.6 Å². The number of likely N-dealkylation sites (N-methyl/N-ethyl adjacent to an activating group) is 1. The van der Waals surface area contributed by atoms with E-state index in [1.807, 2.05) is 0 Å². The molecule has 0 N–H and O–H groups in total. The van der Waals surface area contributed by atoms with Crippen LogP contribution >= 0.6 is 0 Å². The Morgan fingerprint density at radius 1 is 0.833 bits per heavy atom. The van der Waals surface area contributed by atoms with Crippen molar-refractivity contribution in [1.82, 2.24) is 14.7 Å². The van der Waals surface area contributed by atoms with E-state index in [1.165, 1.54) is 0 Å². The molecule has 0 radical (unpaired) electrons. The minimum Gasteiger partial charge on any atom is -0.379 e. The molecule has 0 aromatic heterocycles. The van der Waals surface area contributed by atoms with Crippen LogP contribution in [0.3, 0.4) is 0 Å². The Kier molecular flexibility index (Phi) is 6.89. The molecule has 0 aromatic rings. The number of hydrogen-bond acceptors (Lipinski definition) is 6. The van der Waals surface area contributed by atoms with E-state index in [-0.39, 0.29) is 0 Å². The van der Waals surface area contributed by atoms with Crippen LogP contribution in [0.25, 0.3) is 0 Å². The molecule has 0 aliphatic carbocycles. The summed E-state index contributed by atoms with van der Waals surface area (Å²) < 4.78 is 17.9. The SMILES string of the molecule is CCC1CN(C)CC(CN2CC(C)OC(CN3CCOCC3)C2)O1. The van der Waals surface area contributed by atoms with Crippen molar-refractivity contribution in [1.29, 1.82) is 0 Å². The molecule has 3 rings (SSSR count). The van der Waals surface area contributed by atoms with Crippen LogP contribution in [0.15, 0.2) is 0 Å².